The van der Waals surface area contributed by atoms with Gasteiger partial charge in [-0.2, -0.15) is 0 Å². The summed E-state index contributed by atoms with van der Waals surface area (Å²) in [5.41, 5.74) is 10.5. The van der Waals surface area contributed by atoms with E-state index < -0.39 is 0 Å². The van der Waals surface area contributed by atoms with Crippen LogP contribution in [0.25, 0.3) is 33.3 Å². The molecule has 0 bridgehead atoms. The molecule has 0 aliphatic rings. The van der Waals surface area contributed by atoms with Crippen molar-refractivity contribution < 1.29 is 4.52 Å². The van der Waals surface area contributed by atoms with Gasteiger partial charge in [-0.15, -0.1) is 0 Å². The number of fused-ring (bicyclic) bond motifs is 3. The minimum atomic E-state index is 0.450. The quantitative estimate of drug-likeness (QED) is 0.487. The van der Waals surface area contributed by atoms with Crippen LogP contribution in [0.4, 0.5) is 5.82 Å². The summed E-state index contributed by atoms with van der Waals surface area (Å²) in [7, 11) is 0. The number of imidazole rings is 1. The average molecular weight is 384 g/mol. The molecular formula is C22H20N6O. The maximum absolute atomic E-state index is 6.25. The molecule has 0 amide bonds. The van der Waals surface area contributed by atoms with E-state index in [2.05, 4.69) is 32.7 Å². The molecule has 7 nitrogen and oxygen atoms in total. The summed E-state index contributed by atoms with van der Waals surface area (Å²) < 4.78 is 7.75. The van der Waals surface area contributed by atoms with Crippen molar-refractivity contribution >= 4 is 27.8 Å². The fourth-order valence-electron chi connectivity index (χ4n) is 3.68. The van der Waals surface area contributed by atoms with Crippen molar-refractivity contribution in [3.05, 3.63) is 66.4 Å². The number of anilines is 1. The molecule has 4 heterocycles. The van der Waals surface area contributed by atoms with Gasteiger partial charge in [0.05, 0.1) is 17.6 Å². The summed E-state index contributed by atoms with van der Waals surface area (Å²) in [5.74, 6) is 2.12. The first kappa shape index (κ1) is 17.4. The minimum absolute atomic E-state index is 0.450. The average Bonchev–Trinajstić information content (AvgIpc) is 3.36. The molecule has 0 unspecified atom stereocenters. The highest BCUT2D eigenvalue weighted by molar-refractivity contribution is 6.06. The molecule has 144 valence electrons. The first-order valence-electron chi connectivity index (χ1n) is 9.64. The first-order chi connectivity index (χ1) is 14.2. The first-order valence-corrected chi connectivity index (χ1v) is 9.64. The third kappa shape index (κ3) is 3.00. The number of rotatable bonds is 5. The lowest BCUT2D eigenvalue weighted by Gasteiger charge is -2.08. The Hall–Kier alpha value is -3.74. The highest BCUT2D eigenvalue weighted by atomic mass is 16.5. The van der Waals surface area contributed by atoms with E-state index >= 15 is 0 Å². The van der Waals surface area contributed by atoms with E-state index in [-0.39, 0.29) is 0 Å². The Morgan fingerprint density at radius 1 is 1.10 bits per heavy atom. The molecule has 5 aromatic rings. The molecule has 0 radical (unpaired) electrons. The summed E-state index contributed by atoms with van der Waals surface area (Å²) in [6.45, 7) is 2.68. The maximum atomic E-state index is 6.25. The van der Waals surface area contributed by atoms with Crippen LogP contribution in [0.15, 0.2) is 59.4 Å². The summed E-state index contributed by atoms with van der Waals surface area (Å²) >= 11 is 0. The molecule has 0 aliphatic heterocycles. The standard InChI is InChI=1S/C22H20N6O/c1-2-6-19-26-20-21(16-8-3-4-9-17(16)25-22(20)23)28(19)13-15-11-18(29-27-15)14-7-5-10-24-12-14/h3-5,7-12H,2,6,13H2,1H3,(H2,23,25). The van der Waals surface area contributed by atoms with Gasteiger partial charge in [-0.05, 0) is 24.6 Å². The van der Waals surface area contributed by atoms with E-state index in [1.807, 2.05) is 36.4 Å². The SMILES string of the molecule is CCCc1nc2c(N)nc3ccccc3c2n1Cc1cc(-c2cccnc2)on1. The van der Waals surface area contributed by atoms with Gasteiger partial charge in [0.2, 0.25) is 0 Å². The third-order valence-electron chi connectivity index (χ3n) is 4.99. The lowest BCUT2D eigenvalue weighted by atomic mass is 10.2. The molecule has 29 heavy (non-hydrogen) atoms. The van der Waals surface area contributed by atoms with Gasteiger partial charge in [-0.3, -0.25) is 4.98 Å². The van der Waals surface area contributed by atoms with E-state index in [4.69, 9.17) is 15.2 Å². The van der Waals surface area contributed by atoms with Gasteiger partial charge in [0, 0.05) is 35.8 Å². The largest absolute Gasteiger partial charge is 0.382 e. The van der Waals surface area contributed by atoms with Gasteiger partial charge in [-0.25, -0.2) is 9.97 Å². The topological polar surface area (TPSA) is 95.7 Å². The predicted molar refractivity (Wildman–Crippen MR) is 112 cm³/mol. The Labute approximate surface area is 167 Å². The molecule has 1 aromatic carbocycles. The van der Waals surface area contributed by atoms with Crippen molar-refractivity contribution in [2.75, 3.05) is 5.73 Å². The molecule has 7 heteroatoms. The summed E-state index contributed by atoms with van der Waals surface area (Å²) in [4.78, 5) is 13.5. The van der Waals surface area contributed by atoms with E-state index in [0.29, 0.717) is 18.1 Å². The molecule has 0 atom stereocenters. The zero-order valence-corrected chi connectivity index (χ0v) is 16.0. The zero-order valence-electron chi connectivity index (χ0n) is 16.0. The molecular weight excluding hydrogens is 364 g/mol. The number of aryl methyl sites for hydroxylation is 1. The van der Waals surface area contributed by atoms with Crippen LogP contribution in [-0.2, 0) is 13.0 Å². The lowest BCUT2D eigenvalue weighted by Crippen LogP contribution is -2.06. The molecule has 0 spiro atoms. The summed E-state index contributed by atoms with van der Waals surface area (Å²) in [6, 6.07) is 13.8. The van der Waals surface area contributed by atoms with Crippen LogP contribution >= 0.6 is 0 Å². The molecule has 0 saturated heterocycles. The van der Waals surface area contributed by atoms with Crippen LogP contribution in [-0.4, -0.2) is 24.7 Å². The Balaban J connectivity index is 1.66. The maximum Gasteiger partial charge on any atom is 0.168 e. The molecule has 0 fully saturated rings. The Morgan fingerprint density at radius 2 is 2.00 bits per heavy atom. The number of para-hydroxylation sites is 1. The van der Waals surface area contributed by atoms with Crippen LogP contribution in [0.2, 0.25) is 0 Å². The smallest absolute Gasteiger partial charge is 0.168 e. The summed E-state index contributed by atoms with van der Waals surface area (Å²) in [5, 5.41) is 5.31. The number of pyridine rings is 2. The molecule has 0 saturated carbocycles. The van der Waals surface area contributed by atoms with Crippen molar-refractivity contribution in [3.63, 3.8) is 0 Å². The van der Waals surface area contributed by atoms with Gasteiger partial charge < -0.3 is 14.8 Å². The Morgan fingerprint density at radius 3 is 2.83 bits per heavy atom. The second-order valence-electron chi connectivity index (χ2n) is 7.00. The minimum Gasteiger partial charge on any atom is -0.382 e. The van der Waals surface area contributed by atoms with Gasteiger partial charge in [0.25, 0.3) is 0 Å². The van der Waals surface area contributed by atoms with Crippen LogP contribution in [0.3, 0.4) is 0 Å². The molecule has 4 aromatic heterocycles. The van der Waals surface area contributed by atoms with Crippen molar-refractivity contribution in [2.45, 2.75) is 26.3 Å². The second kappa shape index (κ2) is 7.01. The van der Waals surface area contributed by atoms with Crippen LogP contribution in [0, 0.1) is 0 Å². The summed E-state index contributed by atoms with van der Waals surface area (Å²) in [6.07, 6.45) is 5.32. The van der Waals surface area contributed by atoms with Gasteiger partial charge >= 0.3 is 0 Å². The number of hydrogen-bond acceptors (Lipinski definition) is 6. The molecule has 0 aliphatic carbocycles. The normalized spacial score (nSPS) is 11.5. The van der Waals surface area contributed by atoms with Crippen LogP contribution < -0.4 is 5.73 Å². The Bertz CT molecular complexity index is 1310. The van der Waals surface area contributed by atoms with Crippen molar-refractivity contribution in [2.24, 2.45) is 0 Å². The van der Waals surface area contributed by atoms with E-state index in [0.717, 1.165) is 51.9 Å². The van der Waals surface area contributed by atoms with Crippen molar-refractivity contribution in [1.82, 2.24) is 24.7 Å². The second-order valence-corrected chi connectivity index (χ2v) is 7.00. The monoisotopic (exact) mass is 384 g/mol. The number of hydrogen-bond donors (Lipinski definition) is 1. The van der Waals surface area contributed by atoms with Crippen molar-refractivity contribution in [1.29, 1.82) is 0 Å². The highest BCUT2D eigenvalue weighted by Gasteiger charge is 2.18. The fraction of sp³-hybridized carbons (Fsp3) is 0.182. The number of benzene rings is 1. The van der Waals surface area contributed by atoms with Gasteiger partial charge in [0.15, 0.2) is 11.6 Å². The molecule has 2 N–H and O–H groups in total. The van der Waals surface area contributed by atoms with E-state index in [1.54, 1.807) is 12.4 Å². The fourth-order valence-corrected chi connectivity index (χ4v) is 3.68. The lowest BCUT2D eigenvalue weighted by molar-refractivity contribution is 0.421. The van der Waals surface area contributed by atoms with Crippen molar-refractivity contribution in [3.8, 4) is 11.3 Å². The number of nitrogen functional groups attached to an aromatic ring is 1. The van der Waals surface area contributed by atoms with Gasteiger partial charge in [0.1, 0.15) is 17.0 Å². The number of nitrogens with two attached hydrogens (primary N) is 1. The highest BCUT2D eigenvalue weighted by Crippen LogP contribution is 2.30. The number of aromatic nitrogens is 5. The third-order valence-corrected chi connectivity index (χ3v) is 4.99. The zero-order chi connectivity index (χ0) is 19.8. The van der Waals surface area contributed by atoms with E-state index in [1.165, 1.54) is 0 Å². The van der Waals surface area contributed by atoms with Crippen LogP contribution in [0.1, 0.15) is 24.9 Å². The van der Waals surface area contributed by atoms with E-state index in [9.17, 15) is 0 Å². The predicted octanol–water partition coefficient (Wildman–Crippen LogP) is 4.22. The van der Waals surface area contributed by atoms with Crippen LogP contribution in [0.5, 0.6) is 0 Å². The number of nitrogens with zero attached hydrogens (tertiary/aromatic N) is 5. The Kier molecular flexibility index (Phi) is 4.20. The molecule has 5 rings (SSSR count). The van der Waals surface area contributed by atoms with Gasteiger partial charge in [-0.1, -0.05) is 30.3 Å².